The number of rotatable bonds is 4. The SMILES string of the molecule is Cc1ccccc1N1C(=O)C(Nc2ccc(F)cc2)=C(c2ccccc2)C1=O. The van der Waals surface area contributed by atoms with Crippen molar-refractivity contribution in [2.45, 2.75) is 6.92 Å². The van der Waals surface area contributed by atoms with E-state index >= 15 is 0 Å². The molecule has 4 nitrogen and oxygen atoms in total. The van der Waals surface area contributed by atoms with E-state index in [1.807, 2.05) is 37.3 Å². The van der Waals surface area contributed by atoms with Crippen LogP contribution in [0.2, 0.25) is 0 Å². The van der Waals surface area contributed by atoms with Crippen LogP contribution in [0.15, 0.2) is 84.6 Å². The summed E-state index contributed by atoms with van der Waals surface area (Å²) in [4.78, 5) is 27.7. The number of hydrogen-bond acceptors (Lipinski definition) is 3. The van der Waals surface area contributed by atoms with Crippen molar-refractivity contribution in [1.29, 1.82) is 0 Å². The Morgan fingerprint density at radius 3 is 2.11 bits per heavy atom. The number of hydrogen-bond donors (Lipinski definition) is 1. The highest BCUT2D eigenvalue weighted by molar-refractivity contribution is 6.46. The number of carbonyl (C=O) groups excluding carboxylic acids is 2. The summed E-state index contributed by atoms with van der Waals surface area (Å²) in [5.41, 5.74) is 2.99. The summed E-state index contributed by atoms with van der Waals surface area (Å²) in [7, 11) is 0. The zero-order chi connectivity index (χ0) is 19.7. The number of nitrogens with zero attached hydrogens (tertiary/aromatic N) is 1. The van der Waals surface area contributed by atoms with Gasteiger partial charge in [0.05, 0.1) is 11.3 Å². The molecule has 0 saturated heterocycles. The molecule has 138 valence electrons. The lowest BCUT2D eigenvalue weighted by atomic mass is 10.0. The van der Waals surface area contributed by atoms with Crippen molar-refractivity contribution in [2.24, 2.45) is 0 Å². The Labute approximate surface area is 161 Å². The number of amides is 2. The third-order valence-corrected chi connectivity index (χ3v) is 4.62. The van der Waals surface area contributed by atoms with Crippen LogP contribution in [-0.4, -0.2) is 11.8 Å². The van der Waals surface area contributed by atoms with Gasteiger partial charge in [-0.25, -0.2) is 9.29 Å². The molecule has 3 aromatic carbocycles. The van der Waals surface area contributed by atoms with E-state index in [1.165, 1.54) is 29.2 Å². The van der Waals surface area contributed by atoms with E-state index in [9.17, 15) is 14.0 Å². The molecule has 0 spiro atoms. The first-order valence-corrected chi connectivity index (χ1v) is 8.83. The number of halogens is 1. The number of carbonyl (C=O) groups is 2. The highest BCUT2D eigenvalue weighted by Gasteiger charge is 2.40. The molecule has 28 heavy (non-hydrogen) atoms. The molecule has 3 aromatic rings. The molecule has 0 fully saturated rings. The summed E-state index contributed by atoms with van der Waals surface area (Å²) in [6, 6.07) is 21.9. The smallest absolute Gasteiger partial charge is 0.282 e. The monoisotopic (exact) mass is 372 g/mol. The van der Waals surface area contributed by atoms with E-state index in [0.29, 0.717) is 16.9 Å². The molecule has 0 bridgehead atoms. The molecular formula is C23H17FN2O2. The fourth-order valence-corrected chi connectivity index (χ4v) is 3.23. The van der Waals surface area contributed by atoms with Gasteiger partial charge >= 0.3 is 0 Å². The molecule has 1 N–H and O–H groups in total. The van der Waals surface area contributed by atoms with Crippen molar-refractivity contribution in [3.63, 3.8) is 0 Å². The predicted molar refractivity (Wildman–Crippen MR) is 107 cm³/mol. The highest BCUT2D eigenvalue weighted by atomic mass is 19.1. The maximum atomic E-state index is 13.3. The summed E-state index contributed by atoms with van der Waals surface area (Å²) in [5, 5.41) is 3.02. The molecule has 1 aliphatic rings. The average molecular weight is 372 g/mol. The predicted octanol–water partition coefficient (Wildman–Crippen LogP) is 4.53. The van der Waals surface area contributed by atoms with Crippen LogP contribution in [0.5, 0.6) is 0 Å². The van der Waals surface area contributed by atoms with E-state index in [2.05, 4.69) is 5.32 Å². The number of imide groups is 1. The van der Waals surface area contributed by atoms with E-state index in [0.717, 1.165) is 5.56 Å². The maximum Gasteiger partial charge on any atom is 0.282 e. The summed E-state index contributed by atoms with van der Waals surface area (Å²) in [5.74, 6) is -1.21. The minimum Gasteiger partial charge on any atom is -0.350 e. The van der Waals surface area contributed by atoms with Gasteiger partial charge in [-0.3, -0.25) is 9.59 Å². The van der Waals surface area contributed by atoms with Gasteiger partial charge in [0.1, 0.15) is 11.5 Å². The van der Waals surface area contributed by atoms with Crippen molar-refractivity contribution in [3.05, 3.63) is 102 Å². The number of aryl methyl sites for hydroxylation is 1. The van der Waals surface area contributed by atoms with Crippen LogP contribution in [-0.2, 0) is 9.59 Å². The Morgan fingerprint density at radius 2 is 1.43 bits per heavy atom. The van der Waals surface area contributed by atoms with Gasteiger partial charge in [0.2, 0.25) is 0 Å². The minimum atomic E-state index is -0.442. The van der Waals surface area contributed by atoms with Gasteiger partial charge in [0.15, 0.2) is 0 Å². The second-order valence-corrected chi connectivity index (χ2v) is 6.48. The molecule has 2 amide bonds. The van der Waals surface area contributed by atoms with Crippen molar-refractivity contribution in [2.75, 3.05) is 10.2 Å². The van der Waals surface area contributed by atoms with Crippen LogP contribution in [0, 0.1) is 12.7 Å². The average Bonchev–Trinajstić information content (AvgIpc) is 2.95. The molecule has 0 atom stereocenters. The Balaban J connectivity index is 1.83. The third kappa shape index (κ3) is 3.07. The number of anilines is 2. The molecule has 0 saturated carbocycles. The van der Waals surface area contributed by atoms with Gasteiger partial charge in [-0.1, -0.05) is 48.5 Å². The lowest BCUT2D eigenvalue weighted by molar-refractivity contribution is -0.120. The summed E-state index contributed by atoms with van der Waals surface area (Å²) in [6.45, 7) is 1.85. The summed E-state index contributed by atoms with van der Waals surface area (Å²) in [6.07, 6.45) is 0. The van der Waals surface area contributed by atoms with E-state index in [-0.39, 0.29) is 17.1 Å². The molecule has 0 aliphatic carbocycles. The van der Waals surface area contributed by atoms with Gasteiger partial charge < -0.3 is 5.32 Å². The molecule has 5 heteroatoms. The van der Waals surface area contributed by atoms with Crippen molar-refractivity contribution in [1.82, 2.24) is 0 Å². The Hall–Kier alpha value is -3.73. The van der Waals surface area contributed by atoms with Crippen molar-refractivity contribution >= 4 is 28.8 Å². The molecule has 4 rings (SSSR count). The number of benzene rings is 3. The second-order valence-electron chi connectivity index (χ2n) is 6.48. The molecule has 0 radical (unpaired) electrons. The van der Waals surface area contributed by atoms with Crippen LogP contribution < -0.4 is 10.2 Å². The normalized spacial score (nSPS) is 14.0. The lowest BCUT2D eigenvalue weighted by Gasteiger charge is -2.17. The minimum absolute atomic E-state index is 0.172. The molecule has 1 aliphatic heterocycles. The quantitative estimate of drug-likeness (QED) is 0.685. The van der Waals surface area contributed by atoms with Gasteiger partial charge in [-0.15, -0.1) is 0 Å². The van der Waals surface area contributed by atoms with Gasteiger partial charge in [0, 0.05) is 5.69 Å². The summed E-state index contributed by atoms with van der Waals surface area (Å²) < 4.78 is 13.2. The van der Waals surface area contributed by atoms with Gasteiger partial charge in [-0.05, 0) is 48.4 Å². The fraction of sp³-hybridized carbons (Fsp3) is 0.0435. The largest absolute Gasteiger partial charge is 0.350 e. The fourth-order valence-electron chi connectivity index (χ4n) is 3.23. The highest BCUT2D eigenvalue weighted by Crippen LogP contribution is 2.34. The first-order chi connectivity index (χ1) is 13.6. The van der Waals surface area contributed by atoms with Crippen LogP contribution in [0.25, 0.3) is 5.57 Å². The Kier molecular flexibility index (Phi) is 4.49. The number of nitrogens with one attached hydrogen (secondary N) is 1. The Morgan fingerprint density at radius 1 is 0.786 bits per heavy atom. The van der Waals surface area contributed by atoms with Crippen molar-refractivity contribution in [3.8, 4) is 0 Å². The maximum absolute atomic E-state index is 13.3. The molecular weight excluding hydrogens is 355 g/mol. The van der Waals surface area contributed by atoms with Gasteiger partial charge in [-0.2, -0.15) is 0 Å². The van der Waals surface area contributed by atoms with Gasteiger partial charge in [0.25, 0.3) is 11.8 Å². The zero-order valence-electron chi connectivity index (χ0n) is 15.1. The first kappa shape index (κ1) is 17.7. The van der Waals surface area contributed by atoms with E-state index < -0.39 is 11.8 Å². The summed E-state index contributed by atoms with van der Waals surface area (Å²) >= 11 is 0. The van der Waals surface area contributed by atoms with E-state index in [4.69, 9.17) is 0 Å². The third-order valence-electron chi connectivity index (χ3n) is 4.62. The van der Waals surface area contributed by atoms with Crippen LogP contribution in [0.1, 0.15) is 11.1 Å². The second kappa shape index (κ2) is 7.12. The van der Waals surface area contributed by atoms with E-state index in [1.54, 1.807) is 24.3 Å². The topological polar surface area (TPSA) is 49.4 Å². The van der Waals surface area contributed by atoms with Crippen LogP contribution >= 0.6 is 0 Å². The molecule has 1 heterocycles. The molecule has 0 unspecified atom stereocenters. The number of para-hydroxylation sites is 1. The Bertz CT molecular complexity index is 1090. The lowest BCUT2D eigenvalue weighted by Crippen LogP contribution is -2.33. The zero-order valence-corrected chi connectivity index (χ0v) is 15.1. The first-order valence-electron chi connectivity index (χ1n) is 8.83. The van der Waals surface area contributed by atoms with Crippen molar-refractivity contribution < 1.29 is 14.0 Å². The standard InChI is InChI=1S/C23H17FN2O2/c1-15-7-5-6-10-19(15)26-22(27)20(16-8-3-2-4-9-16)21(23(26)28)25-18-13-11-17(24)12-14-18/h2-14,25H,1H3. The van der Waals surface area contributed by atoms with Crippen LogP contribution in [0.4, 0.5) is 15.8 Å². The van der Waals surface area contributed by atoms with Crippen LogP contribution in [0.3, 0.4) is 0 Å². The molecule has 0 aromatic heterocycles.